The number of carbonyl (C=O) groups excluding carboxylic acids is 2. The van der Waals surface area contributed by atoms with Gasteiger partial charge in [0.1, 0.15) is 0 Å². The van der Waals surface area contributed by atoms with E-state index in [1.165, 1.54) is 12.2 Å². The van der Waals surface area contributed by atoms with Crippen LogP contribution in [0.5, 0.6) is 0 Å². The molecule has 1 rings (SSSR count). The lowest BCUT2D eigenvalue weighted by Gasteiger charge is -2.05. The fourth-order valence-corrected chi connectivity index (χ4v) is 1.17. The first-order valence-electron chi connectivity index (χ1n) is 5.13. The fraction of sp³-hybridized carbons (Fsp3) is 0.0769. The van der Waals surface area contributed by atoms with E-state index in [2.05, 4.69) is 17.2 Å². The third-order valence-corrected chi connectivity index (χ3v) is 1.92. The number of benzene rings is 1. The van der Waals surface area contributed by atoms with Crippen molar-refractivity contribution in [2.75, 3.05) is 10.6 Å². The molecule has 0 fully saturated rings. The molecule has 1 aromatic rings. The van der Waals surface area contributed by atoms with Gasteiger partial charge in [0.15, 0.2) is 0 Å². The molecule has 0 unspecified atom stereocenters. The van der Waals surface area contributed by atoms with Crippen molar-refractivity contribution in [3.63, 3.8) is 0 Å². The highest BCUT2D eigenvalue weighted by molar-refractivity contribution is 6.00. The van der Waals surface area contributed by atoms with Gasteiger partial charge in [-0.15, -0.1) is 0 Å². The Labute approximate surface area is 100 Å². The minimum atomic E-state index is -0.268. The highest BCUT2D eigenvalue weighted by Crippen LogP contribution is 2.13. The second kappa shape index (κ2) is 6.27. The van der Waals surface area contributed by atoms with Crippen molar-refractivity contribution in [2.45, 2.75) is 6.92 Å². The molecule has 4 heteroatoms. The molecule has 2 N–H and O–H groups in total. The van der Waals surface area contributed by atoms with Crippen molar-refractivity contribution in [1.29, 1.82) is 0 Å². The quantitative estimate of drug-likeness (QED) is 0.780. The summed E-state index contributed by atoms with van der Waals surface area (Å²) in [6, 6.07) is 6.82. The van der Waals surface area contributed by atoms with Crippen LogP contribution in [0.3, 0.4) is 0 Å². The second-order valence-electron chi connectivity index (χ2n) is 3.26. The number of allylic oxidation sites excluding steroid dienone is 1. The molecule has 17 heavy (non-hydrogen) atoms. The molecule has 0 aliphatic heterocycles. The third kappa shape index (κ3) is 4.34. The molecule has 0 heterocycles. The summed E-state index contributed by atoms with van der Waals surface area (Å²) in [4.78, 5) is 22.3. The van der Waals surface area contributed by atoms with E-state index in [1.807, 2.05) is 0 Å². The zero-order chi connectivity index (χ0) is 12.7. The van der Waals surface area contributed by atoms with Gasteiger partial charge in [-0.05, 0) is 43.3 Å². The van der Waals surface area contributed by atoms with E-state index in [1.54, 1.807) is 37.3 Å². The van der Waals surface area contributed by atoms with E-state index in [-0.39, 0.29) is 11.8 Å². The molecule has 0 bridgehead atoms. The maximum atomic E-state index is 11.2. The predicted molar refractivity (Wildman–Crippen MR) is 68.7 cm³/mol. The standard InChI is InChI=1S/C13H14N2O2/c1-3-5-13(17)15-11-8-6-10(7-9-11)14-12(16)4-2/h3-9H,2H2,1H3,(H,14,16)(H,15,17)/b5-3+. The van der Waals surface area contributed by atoms with E-state index < -0.39 is 0 Å². The SMILES string of the molecule is C=CC(=O)Nc1ccc(NC(=O)/C=C/C)cc1. The van der Waals surface area contributed by atoms with Crippen LogP contribution in [0.1, 0.15) is 6.92 Å². The number of anilines is 2. The Hall–Kier alpha value is -2.36. The summed E-state index contributed by atoms with van der Waals surface area (Å²) in [5.74, 6) is -0.453. The van der Waals surface area contributed by atoms with Gasteiger partial charge in [-0.25, -0.2) is 0 Å². The maximum absolute atomic E-state index is 11.2. The van der Waals surface area contributed by atoms with E-state index in [0.717, 1.165) is 0 Å². The molecule has 0 saturated carbocycles. The van der Waals surface area contributed by atoms with E-state index in [4.69, 9.17) is 0 Å². The van der Waals surface area contributed by atoms with E-state index in [0.29, 0.717) is 11.4 Å². The molecule has 0 atom stereocenters. The monoisotopic (exact) mass is 230 g/mol. The lowest BCUT2D eigenvalue weighted by molar-refractivity contribution is -0.112. The molecule has 1 aromatic carbocycles. The Bertz CT molecular complexity index is 447. The minimum Gasteiger partial charge on any atom is -0.323 e. The Balaban J connectivity index is 2.64. The van der Waals surface area contributed by atoms with Crippen LogP contribution >= 0.6 is 0 Å². The Morgan fingerprint density at radius 3 is 1.94 bits per heavy atom. The van der Waals surface area contributed by atoms with Crippen LogP contribution in [0.4, 0.5) is 11.4 Å². The summed E-state index contributed by atoms with van der Waals surface area (Å²) in [7, 11) is 0. The van der Waals surface area contributed by atoms with Crippen molar-refractivity contribution in [3.05, 3.63) is 49.1 Å². The maximum Gasteiger partial charge on any atom is 0.248 e. The Kier molecular flexibility index (Phi) is 4.69. The topological polar surface area (TPSA) is 58.2 Å². The van der Waals surface area contributed by atoms with Crippen LogP contribution in [0.2, 0.25) is 0 Å². The number of amides is 2. The smallest absolute Gasteiger partial charge is 0.248 e. The highest BCUT2D eigenvalue weighted by atomic mass is 16.2. The summed E-state index contributed by atoms with van der Waals surface area (Å²) in [5.41, 5.74) is 1.32. The number of hydrogen-bond acceptors (Lipinski definition) is 2. The van der Waals surface area contributed by atoms with Crippen molar-refractivity contribution < 1.29 is 9.59 Å². The molecule has 0 saturated heterocycles. The van der Waals surface area contributed by atoms with Gasteiger partial charge in [-0.3, -0.25) is 9.59 Å². The number of carbonyl (C=O) groups is 2. The molecular weight excluding hydrogens is 216 g/mol. The average Bonchev–Trinajstić information content (AvgIpc) is 2.32. The Morgan fingerprint density at radius 2 is 1.53 bits per heavy atom. The zero-order valence-corrected chi connectivity index (χ0v) is 9.57. The molecule has 0 spiro atoms. The first-order chi connectivity index (χ1) is 8.15. The zero-order valence-electron chi connectivity index (χ0n) is 9.57. The summed E-state index contributed by atoms with van der Waals surface area (Å²) < 4.78 is 0. The van der Waals surface area contributed by atoms with Gasteiger partial charge in [0, 0.05) is 11.4 Å². The molecule has 0 aromatic heterocycles. The fourth-order valence-electron chi connectivity index (χ4n) is 1.17. The largest absolute Gasteiger partial charge is 0.323 e. The highest BCUT2D eigenvalue weighted by Gasteiger charge is 1.99. The summed E-state index contributed by atoms with van der Waals surface area (Å²) in [5, 5.41) is 5.29. The summed E-state index contributed by atoms with van der Waals surface area (Å²) in [6.45, 7) is 5.13. The molecule has 4 nitrogen and oxygen atoms in total. The van der Waals surface area contributed by atoms with Gasteiger partial charge in [-0.1, -0.05) is 12.7 Å². The van der Waals surface area contributed by atoms with E-state index >= 15 is 0 Å². The molecule has 2 amide bonds. The van der Waals surface area contributed by atoms with Crippen molar-refractivity contribution in [2.24, 2.45) is 0 Å². The van der Waals surface area contributed by atoms with Crippen LogP contribution in [-0.4, -0.2) is 11.8 Å². The number of hydrogen-bond donors (Lipinski definition) is 2. The Morgan fingerprint density at radius 1 is 1.06 bits per heavy atom. The van der Waals surface area contributed by atoms with Crippen molar-refractivity contribution in [1.82, 2.24) is 0 Å². The minimum absolute atomic E-state index is 0.185. The second-order valence-corrected chi connectivity index (χ2v) is 3.26. The predicted octanol–water partition coefficient (Wildman–Crippen LogP) is 2.33. The van der Waals surface area contributed by atoms with Gasteiger partial charge in [-0.2, -0.15) is 0 Å². The molecular formula is C13H14N2O2. The molecule has 0 aliphatic carbocycles. The van der Waals surface area contributed by atoms with Crippen LogP contribution in [0.15, 0.2) is 49.1 Å². The van der Waals surface area contributed by atoms with Gasteiger partial charge in [0.2, 0.25) is 11.8 Å². The van der Waals surface area contributed by atoms with Gasteiger partial charge >= 0.3 is 0 Å². The van der Waals surface area contributed by atoms with Crippen LogP contribution in [0, 0.1) is 0 Å². The lowest BCUT2D eigenvalue weighted by atomic mass is 10.2. The van der Waals surface area contributed by atoms with Gasteiger partial charge in [0.05, 0.1) is 0 Å². The summed E-state index contributed by atoms with van der Waals surface area (Å²) >= 11 is 0. The lowest BCUT2D eigenvalue weighted by Crippen LogP contribution is -2.09. The normalized spacial score (nSPS) is 9.94. The molecule has 0 aliphatic rings. The van der Waals surface area contributed by atoms with Crippen LogP contribution in [-0.2, 0) is 9.59 Å². The first-order valence-corrected chi connectivity index (χ1v) is 5.13. The van der Waals surface area contributed by atoms with Crippen molar-refractivity contribution in [3.8, 4) is 0 Å². The van der Waals surface area contributed by atoms with Gasteiger partial charge < -0.3 is 10.6 Å². The van der Waals surface area contributed by atoms with Gasteiger partial charge in [0.25, 0.3) is 0 Å². The van der Waals surface area contributed by atoms with Crippen molar-refractivity contribution >= 4 is 23.2 Å². The first kappa shape index (κ1) is 12.7. The van der Waals surface area contributed by atoms with Crippen LogP contribution in [0.25, 0.3) is 0 Å². The molecule has 0 radical (unpaired) electrons. The number of nitrogens with one attached hydrogen (secondary N) is 2. The number of rotatable bonds is 4. The third-order valence-electron chi connectivity index (χ3n) is 1.92. The average molecular weight is 230 g/mol. The molecule has 88 valence electrons. The summed E-state index contributed by atoms with van der Waals surface area (Å²) in [6.07, 6.45) is 4.29. The van der Waals surface area contributed by atoms with E-state index in [9.17, 15) is 9.59 Å². The van der Waals surface area contributed by atoms with Crippen LogP contribution < -0.4 is 10.6 Å².